The summed E-state index contributed by atoms with van der Waals surface area (Å²) >= 11 is 0. The number of aldehydes is 1. The number of methoxy groups -OCH3 is 2. The average molecular weight is 181 g/mol. The van der Waals surface area contributed by atoms with Gasteiger partial charge in [0.2, 0.25) is 5.88 Å². The number of hydrogen-bond acceptors (Lipinski definition) is 4. The molecule has 0 amide bonds. The monoisotopic (exact) mass is 181 g/mol. The van der Waals surface area contributed by atoms with E-state index < -0.39 is 0 Å². The largest absolute Gasteiger partial charge is 0.496 e. The zero-order valence-electron chi connectivity index (χ0n) is 7.61. The fourth-order valence-electron chi connectivity index (χ4n) is 0.992. The molecule has 0 unspecified atom stereocenters. The number of rotatable bonds is 4. The summed E-state index contributed by atoms with van der Waals surface area (Å²) in [6.07, 6.45) is 2.69. The minimum atomic E-state index is 0.306. The lowest BCUT2D eigenvalue weighted by atomic mass is 10.2. The van der Waals surface area contributed by atoms with Gasteiger partial charge in [-0.05, 0) is 0 Å². The summed E-state index contributed by atoms with van der Waals surface area (Å²) in [4.78, 5) is 14.2. The van der Waals surface area contributed by atoms with Crippen molar-refractivity contribution in [3.8, 4) is 11.6 Å². The van der Waals surface area contributed by atoms with Gasteiger partial charge in [-0.25, -0.2) is 4.98 Å². The van der Waals surface area contributed by atoms with Crippen molar-refractivity contribution in [3.05, 3.63) is 17.8 Å². The Hall–Kier alpha value is -1.58. The van der Waals surface area contributed by atoms with Crippen molar-refractivity contribution >= 4 is 6.29 Å². The van der Waals surface area contributed by atoms with Crippen LogP contribution in [0.5, 0.6) is 11.6 Å². The lowest BCUT2D eigenvalue weighted by Gasteiger charge is -2.06. The zero-order valence-corrected chi connectivity index (χ0v) is 7.61. The van der Waals surface area contributed by atoms with Crippen molar-refractivity contribution in [2.75, 3.05) is 14.2 Å². The Labute approximate surface area is 76.5 Å². The first-order chi connectivity index (χ1) is 6.31. The van der Waals surface area contributed by atoms with Gasteiger partial charge in [0, 0.05) is 24.2 Å². The maximum Gasteiger partial charge on any atom is 0.216 e. The van der Waals surface area contributed by atoms with Crippen LogP contribution in [0.3, 0.4) is 0 Å². The van der Waals surface area contributed by atoms with Gasteiger partial charge in [-0.2, -0.15) is 0 Å². The van der Waals surface area contributed by atoms with E-state index in [1.165, 1.54) is 7.11 Å². The second kappa shape index (κ2) is 4.45. The minimum absolute atomic E-state index is 0.306. The number of pyridine rings is 1. The van der Waals surface area contributed by atoms with E-state index >= 15 is 0 Å². The molecule has 0 aliphatic rings. The van der Waals surface area contributed by atoms with E-state index in [2.05, 4.69) is 4.98 Å². The summed E-state index contributed by atoms with van der Waals surface area (Å²) in [5.41, 5.74) is 0.762. The van der Waals surface area contributed by atoms with Crippen LogP contribution < -0.4 is 9.47 Å². The molecule has 4 nitrogen and oxygen atoms in total. The number of carbonyl (C=O) groups excluding carboxylic acids is 1. The molecule has 70 valence electrons. The molecule has 0 radical (unpaired) electrons. The molecule has 0 saturated carbocycles. The maximum atomic E-state index is 10.3. The highest BCUT2D eigenvalue weighted by Gasteiger charge is 2.04. The van der Waals surface area contributed by atoms with Crippen LogP contribution in [0.4, 0.5) is 0 Å². The fourth-order valence-corrected chi connectivity index (χ4v) is 0.992. The maximum absolute atomic E-state index is 10.3. The van der Waals surface area contributed by atoms with Crippen molar-refractivity contribution in [1.29, 1.82) is 0 Å². The van der Waals surface area contributed by atoms with Gasteiger partial charge in [-0.1, -0.05) is 0 Å². The first kappa shape index (κ1) is 9.51. The SMILES string of the molecule is COc1cc(OC)c(CC=O)cn1. The van der Waals surface area contributed by atoms with Gasteiger partial charge < -0.3 is 14.3 Å². The molecule has 0 atom stereocenters. The predicted octanol–water partition coefficient (Wildman–Crippen LogP) is 0.840. The molecular weight excluding hydrogens is 170 g/mol. The highest BCUT2D eigenvalue weighted by Crippen LogP contribution is 2.21. The van der Waals surface area contributed by atoms with E-state index in [4.69, 9.17) is 9.47 Å². The second-order valence-corrected chi connectivity index (χ2v) is 2.41. The van der Waals surface area contributed by atoms with Gasteiger partial charge in [-0.15, -0.1) is 0 Å². The fraction of sp³-hybridized carbons (Fsp3) is 0.333. The smallest absolute Gasteiger partial charge is 0.216 e. The molecule has 1 heterocycles. The van der Waals surface area contributed by atoms with Crippen LogP contribution in [0.2, 0.25) is 0 Å². The third-order valence-electron chi connectivity index (χ3n) is 1.65. The molecule has 1 aromatic heterocycles. The molecule has 0 fully saturated rings. The summed E-state index contributed by atoms with van der Waals surface area (Å²) in [6, 6.07) is 1.65. The predicted molar refractivity (Wildman–Crippen MR) is 47.1 cm³/mol. The highest BCUT2D eigenvalue weighted by molar-refractivity contribution is 5.57. The molecule has 0 spiro atoms. The molecule has 1 aromatic rings. The number of ether oxygens (including phenoxy) is 2. The Balaban J connectivity index is 3.00. The van der Waals surface area contributed by atoms with E-state index in [-0.39, 0.29) is 0 Å². The summed E-state index contributed by atoms with van der Waals surface area (Å²) in [6.45, 7) is 0. The van der Waals surface area contributed by atoms with Crippen molar-refractivity contribution in [3.63, 3.8) is 0 Å². The Morgan fingerprint density at radius 2 is 2.23 bits per heavy atom. The lowest BCUT2D eigenvalue weighted by molar-refractivity contribution is -0.107. The molecule has 0 aromatic carbocycles. The first-order valence-electron chi connectivity index (χ1n) is 3.82. The zero-order chi connectivity index (χ0) is 9.68. The van der Waals surface area contributed by atoms with Crippen molar-refractivity contribution < 1.29 is 14.3 Å². The average Bonchev–Trinajstić information content (AvgIpc) is 2.19. The molecule has 1 rings (SSSR count). The van der Waals surface area contributed by atoms with E-state index in [1.807, 2.05) is 0 Å². The van der Waals surface area contributed by atoms with E-state index in [0.29, 0.717) is 18.1 Å². The van der Waals surface area contributed by atoms with Crippen LogP contribution in [0.1, 0.15) is 5.56 Å². The third kappa shape index (κ3) is 2.18. The van der Waals surface area contributed by atoms with E-state index in [1.54, 1.807) is 19.4 Å². The van der Waals surface area contributed by atoms with Crippen molar-refractivity contribution in [2.24, 2.45) is 0 Å². The molecule has 0 bridgehead atoms. The number of hydrogen-bond donors (Lipinski definition) is 0. The number of aromatic nitrogens is 1. The van der Waals surface area contributed by atoms with Crippen LogP contribution in [-0.4, -0.2) is 25.5 Å². The molecule has 4 heteroatoms. The van der Waals surface area contributed by atoms with Gasteiger partial charge in [-0.3, -0.25) is 0 Å². The van der Waals surface area contributed by atoms with E-state index in [0.717, 1.165) is 11.8 Å². The Bertz CT molecular complexity index is 299. The van der Waals surface area contributed by atoms with Crippen LogP contribution >= 0.6 is 0 Å². The van der Waals surface area contributed by atoms with E-state index in [9.17, 15) is 4.79 Å². The van der Waals surface area contributed by atoms with Crippen molar-refractivity contribution in [2.45, 2.75) is 6.42 Å². The first-order valence-corrected chi connectivity index (χ1v) is 3.82. The summed E-state index contributed by atoms with van der Waals surface area (Å²) in [7, 11) is 3.07. The van der Waals surface area contributed by atoms with Gasteiger partial charge in [0.1, 0.15) is 12.0 Å². The Morgan fingerprint density at radius 3 is 2.77 bits per heavy atom. The summed E-state index contributed by atoms with van der Waals surface area (Å²) in [5, 5.41) is 0. The molecule has 0 N–H and O–H groups in total. The van der Waals surface area contributed by atoms with Gasteiger partial charge in [0.15, 0.2) is 0 Å². The Morgan fingerprint density at radius 1 is 1.46 bits per heavy atom. The van der Waals surface area contributed by atoms with Crippen LogP contribution in [0, 0.1) is 0 Å². The number of nitrogens with zero attached hydrogens (tertiary/aromatic N) is 1. The highest BCUT2D eigenvalue weighted by atomic mass is 16.5. The van der Waals surface area contributed by atoms with Crippen LogP contribution in [0.25, 0.3) is 0 Å². The molecule has 0 aliphatic heterocycles. The van der Waals surface area contributed by atoms with Gasteiger partial charge >= 0.3 is 0 Å². The minimum Gasteiger partial charge on any atom is -0.496 e. The van der Waals surface area contributed by atoms with Gasteiger partial charge in [0.25, 0.3) is 0 Å². The summed E-state index contributed by atoms with van der Waals surface area (Å²) in [5.74, 6) is 1.10. The topological polar surface area (TPSA) is 48.4 Å². The lowest BCUT2D eigenvalue weighted by Crippen LogP contribution is -1.96. The number of carbonyl (C=O) groups is 1. The molecule has 0 saturated heterocycles. The Kier molecular flexibility index (Phi) is 3.25. The molecule has 13 heavy (non-hydrogen) atoms. The quantitative estimate of drug-likeness (QED) is 0.646. The normalized spacial score (nSPS) is 9.38. The van der Waals surface area contributed by atoms with Crippen LogP contribution in [0.15, 0.2) is 12.3 Å². The van der Waals surface area contributed by atoms with Crippen LogP contribution in [-0.2, 0) is 11.2 Å². The standard InChI is InChI=1S/C9H11NO3/c1-12-8-5-9(13-2)10-6-7(8)3-4-11/h4-6H,3H2,1-2H3. The summed E-state index contributed by atoms with van der Waals surface area (Å²) < 4.78 is 9.97. The third-order valence-corrected chi connectivity index (χ3v) is 1.65. The molecular formula is C9H11NO3. The van der Waals surface area contributed by atoms with Crippen molar-refractivity contribution in [1.82, 2.24) is 4.98 Å². The second-order valence-electron chi connectivity index (χ2n) is 2.41. The van der Waals surface area contributed by atoms with Gasteiger partial charge in [0.05, 0.1) is 14.2 Å². The molecule has 0 aliphatic carbocycles.